The van der Waals surface area contributed by atoms with E-state index in [-0.39, 0.29) is 6.03 Å². The summed E-state index contributed by atoms with van der Waals surface area (Å²) in [5.74, 6) is -1.57. The Morgan fingerprint density at radius 1 is 1.30 bits per heavy atom. The Labute approximate surface area is 123 Å². The fourth-order valence-electron chi connectivity index (χ4n) is 1.58. The molecule has 20 heavy (non-hydrogen) atoms. The zero-order valence-electron chi connectivity index (χ0n) is 11.8. The fourth-order valence-corrected chi connectivity index (χ4v) is 1.71. The summed E-state index contributed by atoms with van der Waals surface area (Å²) in [6, 6.07) is 6.47. The number of nitrogens with zero attached hydrogens (tertiary/aromatic N) is 1. The summed E-state index contributed by atoms with van der Waals surface area (Å²) in [7, 11) is 1.65. The Balaban J connectivity index is 2.54. The average Bonchev–Trinajstić information content (AvgIpc) is 2.40. The van der Waals surface area contributed by atoms with E-state index in [1.54, 1.807) is 33.0 Å². The minimum atomic E-state index is -0.932. The molecule has 2 atom stereocenters. The van der Waals surface area contributed by atoms with Crippen LogP contribution in [0.15, 0.2) is 24.3 Å². The molecule has 5 nitrogen and oxygen atoms in total. The average molecular weight is 299 g/mol. The zero-order valence-corrected chi connectivity index (χ0v) is 12.5. The van der Waals surface area contributed by atoms with Crippen LogP contribution in [-0.2, 0) is 11.3 Å². The number of urea groups is 1. The van der Waals surface area contributed by atoms with E-state index in [2.05, 4.69) is 5.32 Å². The molecule has 0 saturated heterocycles. The largest absolute Gasteiger partial charge is 0.481 e. The Hall–Kier alpha value is -1.75. The van der Waals surface area contributed by atoms with E-state index in [1.807, 2.05) is 12.1 Å². The topological polar surface area (TPSA) is 69.6 Å². The zero-order chi connectivity index (χ0) is 15.3. The summed E-state index contributed by atoms with van der Waals surface area (Å²) >= 11 is 5.80. The normalized spacial score (nSPS) is 13.4. The van der Waals surface area contributed by atoms with Crippen molar-refractivity contribution in [3.63, 3.8) is 0 Å². The second kappa shape index (κ2) is 7.14. The number of carboxylic acid groups (broad SMARTS) is 1. The lowest BCUT2D eigenvalue weighted by Crippen LogP contribution is -2.45. The standard InChI is InChI=1S/C14H19ClN2O3/c1-9(13(18)19)10(2)16-14(20)17(3)8-11-4-6-12(15)7-5-11/h4-7,9-10H,8H2,1-3H3,(H,16,20)(H,18,19). The highest BCUT2D eigenvalue weighted by Crippen LogP contribution is 2.11. The molecule has 0 aliphatic heterocycles. The maximum Gasteiger partial charge on any atom is 0.317 e. The van der Waals surface area contributed by atoms with Crippen molar-refractivity contribution >= 4 is 23.6 Å². The van der Waals surface area contributed by atoms with Gasteiger partial charge in [-0.1, -0.05) is 23.7 Å². The minimum Gasteiger partial charge on any atom is -0.481 e. The van der Waals surface area contributed by atoms with E-state index in [1.165, 1.54) is 4.90 Å². The van der Waals surface area contributed by atoms with Crippen molar-refractivity contribution in [3.05, 3.63) is 34.9 Å². The molecule has 2 N–H and O–H groups in total. The first-order valence-electron chi connectivity index (χ1n) is 6.30. The van der Waals surface area contributed by atoms with Crippen LogP contribution < -0.4 is 5.32 Å². The third-order valence-corrected chi connectivity index (χ3v) is 3.42. The summed E-state index contributed by atoms with van der Waals surface area (Å²) in [5, 5.41) is 12.2. The highest BCUT2D eigenvalue weighted by Gasteiger charge is 2.22. The molecule has 0 heterocycles. The summed E-state index contributed by atoms with van der Waals surface area (Å²) < 4.78 is 0. The number of benzene rings is 1. The molecule has 6 heteroatoms. The van der Waals surface area contributed by atoms with Crippen LogP contribution in [0, 0.1) is 5.92 Å². The monoisotopic (exact) mass is 298 g/mol. The van der Waals surface area contributed by atoms with Crippen molar-refractivity contribution in [2.45, 2.75) is 26.4 Å². The lowest BCUT2D eigenvalue weighted by molar-refractivity contribution is -0.141. The number of hydrogen-bond acceptors (Lipinski definition) is 2. The molecule has 0 aromatic heterocycles. The van der Waals surface area contributed by atoms with Gasteiger partial charge in [-0.05, 0) is 31.5 Å². The SMILES string of the molecule is CC(NC(=O)N(C)Cc1ccc(Cl)cc1)C(C)C(=O)O. The first-order valence-corrected chi connectivity index (χ1v) is 6.68. The number of hydrogen-bond donors (Lipinski definition) is 2. The summed E-state index contributed by atoms with van der Waals surface area (Å²) in [6.07, 6.45) is 0. The van der Waals surface area contributed by atoms with Gasteiger partial charge < -0.3 is 15.3 Å². The number of halogens is 1. The van der Waals surface area contributed by atoms with Gasteiger partial charge in [0.25, 0.3) is 0 Å². The lowest BCUT2D eigenvalue weighted by Gasteiger charge is -2.23. The highest BCUT2D eigenvalue weighted by atomic mass is 35.5. The molecule has 110 valence electrons. The molecule has 2 unspecified atom stereocenters. The number of amides is 2. The van der Waals surface area contributed by atoms with Crippen molar-refractivity contribution in [2.75, 3.05) is 7.05 Å². The van der Waals surface area contributed by atoms with Gasteiger partial charge in [-0.25, -0.2) is 4.79 Å². The number of rotatable bonds is 5. The number of carboxylic acids is 1. The third-order valence-electron chi connectivity index (χ3n) is 3.17. The fraction of sp³-hybridized carbons (Fsp3) is 0.429. The van der Waals surface area contributed by atoms with Gasteiger partial charge in [0, 0.05) is 24.7 Å². The van der Waals surface area contributed by atoms with Crippen LogP contribution in [0.4, 0.5) is 4.79 Å². The molecule has 0 fully saturated rings. The molecule has 1 aromatic carbocycles. The van der Waals surface area contributed by atoms with Crippen molar-refractivity contribution < 1.29 is 14.7 Å². The van der Waals surface area contributed by atoms with Gasteiger partial charge in [-0.15, -0.1) is 0 Å². The van der Waals surface area contributed by atoms with E-state index in [0.717, 1.165) is 5.56 Å². The van der Waals surface area contributed by atoms with Crippen LogP contribution in [0.25, 0.3) is 0 Å². The van der Waals surface area contributed by atoms with Crippen LogP contribution in [0.5, 0.6) is 0 Å². The van der Waals surface area contributed by atoms with E-state index in [4.69, 9.17) is 16.7 Å². The number of nitrogens with one attached hydrogen (secondary N) is 1. The van der Waals surface area contributed by atoms with Crippen molar-refractivity contribution in [3.8, 4) is 0 Å². The molecule has 0 aliphatic rings. The van der Waals surface area contributed by atoms with Gasteiger partial charge in [-0.2, -0.15) is 0 Å². The second-order valence-corrected chi connectivity index (χ2v) is 5.28. The van der Waals surface area contributed by atoms with Crippen molar-refractivity contribution in [1.82, 2.24) is 10.2 Å². The van der Waals surface area contributed by atoms with Crippen molar-refractivity contribution in [1.29, 1.82) is 0 Å². The minimum absolute atomic E-state index is 0.305. The third kappa shape index (κ3) is 4.74. The number of aliphatic carboxylic acids is 1. The molecule has 0 saturated carbocycles. The number of carbonyl (C=O) groups excluding carboxylic acids is 1. The van der Waals surface area contributed by atoms with E-state index < -0.39 is 17.9 Å². The Kier molecular flexibility index (Phi) is 5.82. The first-order chi connectivity index (χ1) is 9.31. The molecule has 0 spiro atoms. The molecule has 0 aliphatic carbocycles. The predicted octanol–water partition coefficient (Wildman–Crippen LogP) is 2.59. The van der Waals surface area contributed by atoms with E-state index in [9.17, 15) is 9.59 Å². The molecular formula is C14H19ClN2O3. The van der Waals surface area contributed by atoms with Crippen LogP contribution >= 0.6 is 11.6 Å². The van der Waals surface area contributed by atoms with Gasteiger partial charge in [-0.3, -0.25) is 4.79 Å². The van der Waals surface area contributed by atoms with Gasteiger partial charge in [0.1, 0.15) is 0 Å². The van der Waals surface area contributed by atoms with E-state index >= 15 is 0 Å². The maximum absolute atomic E-state index is 11.9. The molecule has 2 amide bonds. The molecule has 0 radical (unpaired) electrons. The Morgan fingerprint density at radius 3 is 2.35 bits per heavy atom. The van der Waals surface area contributed by atoms with Crippen LogP contribution in [0.3, 0.4) is 0 Å². The molecule has 1 aromatic rings. The highest BCUT2D eigenvalue weighted by molar-refractivity contribution is 6.30. The summed E-state index contributed by atoms with van der Waals surface area (Å²) in [5.41, 5.74) is 0.950. The Bertz CT molecular complexity index is 476. The van der Waals surface area contributed by atoms with Gasteiger partial charge in [0.05, 0.1) is 5.92 Å². The van der Waals surface area contributed by atoms with Crippen LogP contribution in [0.2, 0.25) is 5.02 Å². The van der Waals surface area contributed by atoms with E-state index in [0.29, 0.717) is 11.6 Å². The molecular weight excluding hydrogens is 280 g/mol. The second-order valence-electron chi connectivity index (χ2n) is 4.85. The van der Waals surface area contributed by atoms with Crippen LogP contribution in [-0.4, -0.2) is 35.1 Å². The van der Waals surface area contributed by atoms with Crippen LogP contribution in [0.1, 0.15) is 19.4 Å². The molecule has 0 bridgehead atoms. The quantitative estimate of drug-likeness (QED) is 0.878. The summed E-state index contributed by atoms with van der Waals surface area (Å²) in [6.45, 7) is 3.66. The Morgan fingerprint density at radius 2 is 1.85 bits per heavy atom. The molecule has 1 rings (SSSR count). The lowest BCUT2D eigenvalue weighted by atomic mass is 10.0. The van der Waals surface area contributed by atoms with Gasteiger partial charge in [0.2, 0.25) is 0 Å². The first kappa shape index (κ1) is 16.3. The number of carbonyl (C=O) groups is 2. The maximum atomic E-state index is 11.9. The van der Waals surface area contributed by atoms with Gasteiger partial charge in [0.15, 0.2) is 0 Å². The summed E-state index contributed by atoms with van der Waals surface area (Å²) in [4.78, 5) is 24.3. The predicted molar refractivity (Wildman–Crippen MR) is 77.7 cm³/mol. The smallest absolute Gasteiger partial charge is 0.317 e. The van der Waals surface area contributed by atoms with Crippen molar-refractivity contribution in [2.24, 2.45) is 5.92 Å². The van der Waals surface area contributed by atoms with Gasteiger partial charge >= 0.3 is 12.0 Å².